The van der Waals surface area contributed by atoms with Crippen LogP contribution in [-0.2, 0) is 11.2 Å². The van der Waals surface area contributed by atoms with Crippen molar-refractivity contribution in [3.8, 4) is 12.3 Å². The summed E-state index contributed by atoms with van der Waals surface area (Å²) in [5, 5.41) is 5.48. The monoisotopic (exact) mass is 256 g/mol. The average molecular weight is 256 g/mol. The number of nitrogens with one attached hydrogen (secondary N) is 2. The van der Waals surface area contributed by atoms with Gasteiger partial charge in [-0.2, -0.15) is 0 Å². The van der Waals surface area contributed by atoms with Crippen molar-refractivity contribution in [1.82, 2.24) is 5.32 Å². The molecule has 0 radical (unpaired) electrons. The van der Waals surface area contributed by atoms with Crippen LogP contribution in [0.2, 0.25) is 0 Å². The van der Waals surface area contributed by atoms with Crippen LogP contribution in [0.1, 0.15) is 41.8 Å². The third-order valence-corrected chi connectivity index (χ3v) is 3.28. The molecule has 0 spiro atoms. The lowest BCUT2D eigenvalue weighted by Gasteiger charge is -2.11. The molecular weight excluding hydrogens is 240 g/mol. The van der Waals surface area contributed by atoms with Crippen LogP contribution in [0.4, 0.5) is 5.69 Å². The van der Waals surface area contributed by atoms with Gasteiger partial charge in [-0.3, -0.25) is 9.59 Å². The predicted molar refractivity (Wildman–Crippen MR) is 73.9 cm³/mol. The third kappa shape index (κ3) is 2.32. The smallest absolute Gasteiger partial charge is 0.254 e. The van der Waals surface area contributed by atoms with Gasteiger partial charge in [0.1, 0.15) is 6.04 Å². The number of hydrogen-bond donors (Lipinski definition) is 2. The van der Waals surface area contributed by atoms with Crippen LogP contribution in [0.25, 0.3) is 0 Å². The molecule has 19 heavy (non-hydrogen) atoms. The van der Waals surface area contributed by atoms with Gasteiger partial charge in [0, 0.05) is 5.56 Å². The van der Waals surface area contributed by atoms with Gasteiger partial charge >= 0.3 is 0 Å². The van der Waals surface area contributed by atoms with E-state index in [2.05, 4.69) is 16.6 Å². The Morgan fingerprint density at radius 1 is 1.32 bits per heavy atom. The molecule has 0 saturated heterocycles. The Labute approximate surface area is 112 Å². The summed E-state index contributed by atoms with van der Waals surface area (Å²) < 4.78 is 0. The van der Waals surface area contributed by atoms with Gasteiger partial charge in [-0.25, -0.2) is 0 Å². The molecule has 2 rings (SSSR count). The Balaban J connectivity index is 2.59. The van der Waals surface area contributed by atoms with E-state index < -0.39 is 6.04 Å². The second-order valence-corrected chi connectivity index (χ2v) is 4.49. The van der Waals surface area contributed by atoms with E-state index in [1.54, 1.807) is 6.07 Å². The van der Waals surface area contributed by atoms with E-state index >= 15 is 0 Å². The van der Waals surface area contributed by atoms with Crippen molar-refractivity contribution >= 4 is 17.5 Å². The fourth-order valence-electron chi connectivity index (χ4n) is 2.13. The highest BCUT2D eigenvalue weighted by Crippen LogP contribution is 2.26. The first-order valence-electron chi connectivity index (χ1n) is 6.35. The zero-order chi connectivity index (χ0) is 14.0. The summed E-state index contributed by atoms with van der Waals surface area (Å²) in [4.78, 5) is 24.2. The first-order chi connectivity index (χ1) is 9.10. The molecule has 4 heteroatoms. The highest BCUT2D eigenvalue weighted by molar-refractivity contribution is 6.11. The zero-order valence-corrected chi connectivity index (χ0v) is 11.0. The molecule has 1 aromatic carbocycles. The minimum atomic E-state index is -0.518. The standard InChI is InChI=1S/C15H16N2O2/c1-4-9-7-10(5-2)13-11(8-9)14(18)16-12(6-3)15(19)17-13/h2,7-8,12H,4,6H2,1,3H3,(H,16,18)(H,17,19). The third-order valence-electron chi connectivity index (χ3n) is 3.28. The van der Waals surface area contributed by atoms with Crippen LogP contribution in [0, 0.1) is 12.3 Å². The molecule has 0 saturated carbocycles. The van der Waals surface area contributed by atoms with E-state index in [0.717, 1.165) is 12.0 Å². The Kier molecular flexibility index (Phi) is 3.57. The van der Waals surface area contributed by atoms with Crippen molar-refractivity contribution in [2.75, 3.05) is 5.32 Å². The van der Waals surface area contributed by atoms with Crippen molar-refractivity contribution in [1.29, 1.82) is 0 Å². The molecule has 0 aliphatic carbocycles. The molecule has 0 aromatic heterocycles. The number of carbonyl (C=O) groups is 2. The number of rotatable bonds is 2. The number of terminal acetylenes is 1. The topological polar surface area (TPSA) is 58.2 Å². The van der Waals surface area contributed by atoms with Gasteiger partial charge in [0.05, 0.1) is 11.3 Å². The number of amides is 2. The van der Waals surface area contributed by atoms with Crippen molar-refractivity contribution < 1.29 is 9.59 Å². The van der Waals surface area contributed by atoms with Gasteiger partial charge in [-0.15, -0.1) is 6.42 Å². The van der Waals surface area contributed by atoms with Crippen molar-refractivity contribution in [2.24, 2.45) is 0 Å². The quantitative estimate of drug-likeness (QED) is 0.791. The van der Waals surface area contributed by atoms with Crippen molar-refractivity contribution in [3.05, 3.63) is 28.8 Å². The van der Waals surface area contributed by atoms with Gasteiger partial charge in [-0.05, 0) is 30.5 Å². The minimum absolute atomic E-state index is 0.227. The van der Waals surface area contributed by atoms with Gasteiger partial charge in [0.2, 0.25) is 5.91 Å². The zero-order valence-electron chi connectivity index (χ0n) is 11.0. The van der Waals surface area contributed by atoms with Gasteiger partial charge in [0.15, 0.2) is 0 Å². The van der Waals surface area contributed by atoms with E-state index in [-0.39, 0.29) is 11.8 Å². The molecule has 1 aromatic rings. The van der Waals surface area contributed by atoms with Crippen LogP contribution >= 0.6 is 0 Å². The lowest BCUT2D eigenvalue weighted by atomic mass is 10.0. The minimum Gasteiger partial charge on any atom is -0.340 e. The molecule has 0 bridgehead atoms. The highest BCUT2D eigenvalue weighted by atomic mass is 16.2. The van der Waals surface area contributed by atoms with E-state index in [0.29, 0.717) is 23.2 Å². The van der Waals surface area contributed by atoms with E-state index in [1.807, 2.05) is 19.9 Å². The molecule has 1 heterocycles. The van der Waals surface area contributed by atoms with Gasteiger partial charge in [-0.1, -0.05) is 19.8 Å². The summed E-state index contributed by atoms with van der Waals surface area (Å²) in [7, 11) is 0. The molecule has 1 unspecified atom stereocenters. The molecule has 98 valence electrons. The molecule has 1 aliphatic rings. The SMILES string of the molecule is C#Cc1cc(CC)cc2c1NC(=O)C(CC)NC2=O. The van der Waals surface area contributed by atoms with Crippen LogP contribution in [0.15, 0.2) is 12.1 Å². The van der Waals surface area contributed by atoms with Crippen LogP contribution < -0.4 is 10.6 Å². The Bertz CT molecular complexity index is 585. The molecular formula is C15H16N2O2. The first-order valence-corrected chi connectivity index (χ1v) is 6.35. The van der Waals surface area contributed by atoms with Crippen molar-refractivity contribution in [2.45, 2.75) is 32.7 Å². The Hall–Kier alpha value is -2.28. The van der Waals surface area contributed by atoms with E-state index in [9.17, 15) is 9.59 Å². The maximum atomic E-state index is 12.2. The fraction of sp³-hybridized carbons (Fsp3) is 0.333. The maximum Gasteiger partial charge on any atom is 0.254 e. The summed E-state index contributed by atoms with van der Waals surface area (Å²) in [6.07, 6.45) is 6.79. The van der Waals surface area contributed by atoms with Gasteiger partial charge in [0.25, 0.3) is 5.91 Å². The molecule has 2 amide bonds. The molecule has 0 fully saturated rings. The number of benzene rings is 1. The summed E-state index contributed by atoms with van der Waals surface area (Å²) in [6, 6.07) is 3.10. The number of carbonyl (C=O) groups excluding carboxylic acids is 2. The summed E-state index contributed by atoms with van der Waals surface area (Å²) in [5.41, 5.74) is 2.41. The van der Waals surface area contributed by atoms with Crippen LogP contribution in [0.5, 0.6) is 0 Å². The molecule has 1 aliphatic heterocycles. The van der Waals surface area contributed by atoms with Crippen molar-refractivity contribution in [3.63, 3.8) is 0 Å². The van der Waals surface area contributed by atoms with Gasteiger partial charge < -0.3 is 10.6 Å². The fourth-order valence-corrected chi connectivity index (χ4v) is 2.13. The largest absolute Gasteiger partial charge is 0.340 e. The second kappa shape index (κ2) is 5.15. The molecule has 2 N–H and O–H groups in total. The molecule has 4 nitrogen and oxygen atoms in total. The molecule has 1 atom stereocenters. The average Bonchev–Trinajstić information content (AvgIpc) is 2.55. The summed E-state index contributed by atoms with van der Waals surface area (Å²) in [6.45, 7) is 3.84. The number of fused-ring (bicyclic) bond motifs is 1. The van der Waals surface area contributed by atoms with E-state index in [1.165, 1.54) is 0 Å². The predicted octanol–water partition coefficient (Wildman–Crippen LogP) is 1.69. The summed E-state index contributed by atoms with van der Waals surface area (Å²) >= 11 is 0. The number of aryl methyl sites for hydroxylation is 1. The second-order valence-electron chi connectivity index (χ2n) is 4.49. The first kappa shape index (κ1) is 13.2. The number of hydrogen-bond acceptors (Lipinski definition) is 2. The lowest BCUT2D eigenvalue weighted by molar-refractivity contribution is -0.117. The number of anilines is 1. The van der Waals surface area contributed by atoms with E-state index in [4.69, 9.17) is 6.42 Å². The maximum absolute atomic E-state index is 12.2. The Morgan fingerprint density at radius 3 is 2.63 bits per heavy atom. The normalized spacial score (nSPS) is 17.8. The lowest BCUT2D eigenvalue weighted by Crippen LogP contribution is -2.40. The summed E-state index contributed by atoms with van der Waals surface area (Å²) in [5.74, 6) is 2.05. The highest BCUT2D eigenvalue weighted by Gasteiger charge is 2.28. The van der Waals surface area contributed by atoms with Crippen LogP contribution in [0.3, 0.4) is 0 Å². The Morgan fingerprint density at radius 2 is 2.05 bits per heavy atom. The van der Waals surface area contributed by atoms with Crippen LogP contribution in [-0.4, -0.2) is 17.9 Å².